The highest BCUT2D eigenvalue weighted by atomic mass is 32.2. The molecule has 0 aliphatic carbocycles. The number of hydrazone groups is 1. The summed E-state index contributed by atoms with van der Waals surface area (Å²) in [5.41, 5.74) is 3.02. The molecule has 2 aromatic carbocycles. The van der Waals surface area contributed by atoms with E-state index in [0.717, 1.165) is 38.1 Å². The number of hydrazine groups is 1. The lowest BCUT2D eigenvalue weighted by Gasteiger charge is -2.28. The van der Waals surface area contributed by atoms with Gasteiger partial charge >= 0.3 is 6.18 Å². The maximum atomic E-state index is 12.7. The molecule has 2 N–H and O–H groups in total. The third-order valence-corrected chi connectivity index (χ3v) is 6.61. The molecule has 0 fully saturated rings. The van der Waals surface area contributed by atoms with E-state index in [9.17, 15) is 21.6 Å². The smallest absolute Gasteiger partial charge is 0.404 e. The number of halogens is 3. The summed E-state index contributed by atoms with van der Waals surface area (Å²) in [6.07, 6.45) is -2.65. The summed E-state index contributed by atoms with van der Waals surface area (Å²) in [5, 5.41) is 0. The van der Waals surface area contributed by atoms with E-state index in [1.165, 1.54) is 12.9 Å². The van der Waals surface area contributed by atoms with Gasteiger partial charge in [-0.15, -0.1) is 22.5 Å². The van der Waals surface area contributed by atoms with Gasteiger partial charge in [-0.3, -0.25) is 0 Å². The molecule has 186 valence electrons. The van der Waals surface area contributed by atoms with E-state index < -0.39 is 22.0 Å². The van der Waals surface area contributed by atoms with Gasteiger partial charge in [0.1, 0.15) is 5.75 Å². The van der Waals surface area contributed by atoms with Gasteiger partial charge in [0.05, 0.1) is 19.9 Å². The van der Waals surface area contributed by atoms with E-state index >= 15 is 0 Å². The van der Waals surface area contributed by atoms with E-state index in [1.54, 1.807) is 7.11 Å². The van der Waals surface area contributed by atoms with Gasteiger partial charge < -0.3 is 9.64 Å². The van der Waals surface area contributed by atoms with E-state index in [0.29, 0.717) is 13.0 Å². The Morgan fingerprint density at radius 1 is 1.06 bits per heavy atom. The van der Waals surface area contributed by atoms with Crippen LogP contribution in [0.3, 0.4) is 0 Å². The van der Waals surface area contributed by atoms with Crippen LogP contribution in [0.15, 0.2) is 48.5 Å². The number of nitrogens with one attached hydrogen (secondary N) is 2. The van der Waals surface area contributed by atoms with Crippen LogP contribution in [0.1, 0.15) is 37.5 Å². The molecule has 1 aliphatic rings. The highest BCUT2D eigenvalue weighted by Gasteiger charge is 2.37. The molecule has 1 atom stereocenters. The van der Waals surface area contributed by atoms with Crippen molar-refractivity contribution in [1.29, 1.82) is 0 Å². The molecule has 0 radical (unpaired) electrons. The number of rotatable bonds is 8. The first-order chi connectivity index (χ1) is 15.8. The lowest BCUT2D eigenvalue weighted by Crippen LogP contribution is -3.09. The van der Waals surface area contributed by atoms with Gasteiger partial charge in [-0.1, -0.05) is 38.5 Å². The molecule has 1 aliphatic heterocycles. The van der Waals surface area contributed by atoms with Crippen LogP contribution in [0.5, 0.6) is 5.75 Å². The van der Waals surface area contributed by atoms with Gasteiger partial charge in [0.2, 0.25) is 6.67 Å². The predicted octanol–water partition coefficient (Wildman–Crippen LogP) is 2.61. The van der Waals surface area contributed by atoms with Gasteiger partial charge in [0.25, 0.3) is 10.0 Å². The predicted molar refractivity (Wildman–Crippen MR) is 124 cm³/mol. The molecule has 0 saturated heterocycles. The first kappa shape index (κ1) is 25.8. The summed E-state index contributed by atoms with van der Waals surface area (Å²) in [6, 6.07) is 16.3. The van der Waals surface area contributed by atoms with Crippen molar-refractivity contribution in [2.75, 3.05) is 19.4 Å². The average Bonchev–Trinajstić information content (AvgIpc) is 3.12. The summed E-state index contributed by atoms with van der Waals surface area (Å²) in [7, 11) is -3.01. The quantitative estimate of drug-likeness (QED) is 0.436. The minimum Gasteiger partial charge on any atom is -0.497 e. The SMILES string of the molecule is COc1ccc(CC[NH+]2[CH-][N+](NS(=O)(=O)CC(F)(F)F)=C[C-]2c2ccc(C(C)(C)C)cc2)cc1. The average molecular weight is 498 g/mol. The first-order valence-electron chi connectivity index (χ1n) is 10.8. The summed E-state index contributed by atoms with van der Waals surface area (Å²) in [4.78, 5) is 2.82. The van der Waals surface area contributed by atoms with Crippen molar-refractivity contribution >= 4 is 16.2 Å². The van der Waals surface area contributed by atoms with E-state index in [2.05, 4.69) is 20.8 Å². The van der Waals surface area contributed by atoms with E-state index in [4.69, 9.17) is 4.74 Å². The number of methoxy groups -OCH3 is 1. The van der Waals surface area contributed by atoms with Gasteiger partial charge in [0, 0.05) is 12.5 Å². The van der Waals surface area contributed by atoms with Gasteiger partial charge in [-0.2, -0.15) is 30.0 Å². The fraction of sp³-hybridized carbons (Fsp3) is 0.375. The van der Waals surface area contributed by atoms with Crippen molar-refractivity contribution in [1.82, 2.24) is 4.83 Å². The second-order valence-electron chi connectivity index (χ2n) is 9.25. The largest absolute Gasteiger partial charge is 0.497 e. The van der Waals surface area contributed by atoms with Crippen LogP contribution in [-0.4, -0.2) is 44.9 Å². The zero-order valence-corrected chi connectivity index (χ0v) is 20.4. The standard InChI is InChI=1S/C24H30F3N3O3S/c1-23(2,3)20-9-7-19(8-10-20)22-15-30(28-34(31,32)16-24(25,26)27)17-29(22)14-13-18-5-11-21(33-4)12-6-18/h5-12,15,17,28-29H,13-14,16H2,1-4H3. The molecule has 0 spiro atoms. The van der Waals surface area contributed by atoms with E-state index in [1.807, 2.05) is 53.4 Å². The number of quaternary nitrogens is 1. The summed E-state index contributed by atoms with van der Waals surface area (Å²) >= 11 is 0. The Kier molecular flexibility index (Phi) is 7.42. The van der Waals surface area contributed by atoms with Crippen LogP contribution < -0.4 is 14.5 Å². The molecule has 0 aromatic heterocycles. The van der Waals surface area contributed by atoms with Gasteiger partial charge in [0.15, 0.2) is 5.75 Å². The van der Waals surface area contributed by atoms with Crippen LogP contribution in [0, 0.1) is 12.7 Å². The Balaban J connectivity index is 1.81. The molecule has 3 rings (SSSR count). The lowest BCUT2D eigenvalue weighted by molar-refractivity contribution is -0.898. The molecule has 0 saturated carbocycles. The summed E-state index contributed by atoms with van der Waals surface area (Å²) in [5.74, 6) is -1.21. The summed E-state index contributed by atoms with van der Waals surface area (Å²) in [6.45, 7) is 8.41. The Hall–Kier alpha value is -2.85. The van der Waals surface area contributed by atoms with Crippen molar-refractivity contribution in [2.45, 2.75) is 38.8 Å². The van der Waals surface area contributed by atoms with Crippen molar-refractivity contribution in [3.63, 3.8) is 0 Å². The maximum absolute atomic E-state index is 12.7. The number of sulfonamides is 1. The van der Waals surface area contributed by atoms with Gasteiger partial charge in [-0.05, 0) is 23.1 Å². The Morgan fingerprint density at radius 2 is 1.68 bits per heavy atom. The fourth-order valence-electron chi connectivity index (χ4n) is 3.64. The van der Waals surface area contributed by atoms with Crippen LogP contribution in [-0.2, 0) is 21.9 Å². The molecule has 0 bridgehead atoms. The Bertz CT molecular complexity index is 1110. The van der Waals surface area contributed by atoms with Crippen molar-refractivity contribution in [3.8, 4) is 5.75 Å². The van der Waals surface area contributed by atoms with Crippen LogP contribution >= 0.6 is 0 Å². The van der Waals surface area contributed by atoms with Crippen molar-refractivity contribution in [3.05, 3.63) is 77.9 Å². The highest BCUT2D eigenvalue weighted by molar-refractivity contribution is 7.89. The second-order valence-corrected chi connectivity index (χ2v) is 10.9. The molecule has 6 nitrogen and oxygen atoms in total. The maximum Gasteiger partial charge on any atom is 0.404 e. The number of hydrogen-bond donors (Lipinski definition) is 2. The van der Waals surface area contributed by atoms with Crippen LogP contribution in [0.4, 0.5) is 13.2 Å². The molecule has 1 unspecified atom stereocenters. The normalized spacial score (nSPS) is 16.7. The van der Waals surface area contributed by atoms with Crippen LogP contribution in [0.2, 0.25) is 0 Å². The molecular weight excluding hydrogens is 467 g/mol. The zero-order chi connectivity index (χ0) is 25.1. The first-order valence-corrected chi connectivity index (χ1v) is 12.4. The highest BCUT2D eigenvalue weighted by Crippen LogP contribution is 2.23. The number of hydrogen-bond acceptors (Lipinski definition) is 3. The molecule has 2 aromatic rings. The number of benzene rings is 2. The third kappa shape index (κ3) is 7.07. The molecule has 34 heavy (non-hydrogen) atoms. The lowest BCUT2D eigenvalue weighted by atomic mass is 9.86. The fourth-order valence-corrected chi connectivity index (χ4v) is 4.56. The number of ether oxygens (including phenoxy) is 1. The van der Waals surface area contributed by atoms with E-state index in [-0.39, 0.29) is 5.41 Å². The topological polar surface area (TPSA) is 62.9 Å². The summed E-state index contributed by atoms with van der Waals surface area (Å²) < 4.78 is 68.3. The van der Waals surface area contributed by atoms with Crippen LogP contribution in [0.25, 0.3) is 0 Å². The second kappa shape index (κ2) is 9.79. The minimum atomic E-state index is -4.83. The van der Waals surface area contributed by atoms with Crippen molar-refractivity contribution < 1.29 is 35.9 Å². The van der Waals surface area contributed by atoms with Crippen molar-refractivity contribution in [2.24, 2.45) is 0 Å². The molecule has 1 heterocycles. The Labute approximate surface area is 199 Å². The van der Waals surface area contributed by atoms with Gasteiger partial charge in [-0.25, -0.2) is 8.42 Å². The zero-order valence-electron chi connectivity index (χ0n) is 19.6. The molecular formula is C24H30F3N3O3S. The third-order valence-electron chi connectivity index (χ3n) is 5.41. The number of nitrogens with zero attached hydrogens (tertiary/aromatic N) is 1. The molecule has 0 amide bonds. The molecule has 10 heteroatoms. The Morgan fingerprint density at radius 3 is 2.21 bits per heavy atom. The monoisotopic (exact) mass is 497 g/mol. The number of alkyl halides is 3. The minimum absolute atomic E-state index is 0.0329.